The molecule has 0 fully saturated rings. The van der Waals surface area contributed by atoms with E-state index < -0.39 is 0 Å². The Hall–Kier alpha value is -0.630. The van der Waals surface area contributed by atoms with Crippen LogP contribution in [0.4, 0.5) is 0 Å². The molecule has 0 saturated heterocycles. The molecule has 2 nitrogen and oxygen atoms in total. The molecule has 0 aliphatic heterocycles. The summed E-state index contributed by atoms with van der Waals surface area (Å²) in [7, 11) is 1.86. The van der Waals surface area contributed by atoms with Crippen LogP contribution in [-0.2, 0) is 4.79 Å². The summed E-state index contributed by atoms with van der Waals surface area (Å²) in [6, 6.07) is 0. The molecule has 0 heterocycles. The molecular weight excluding hydrogens is 186 g/mol. The van der Waals surface area contributed by atoms with Crippen LogP contribution in [0.3, 0.4) is 0 Å². The van der Waals surface area contributed by atoms with Crippen LogP contribution in [0.5, 0.6) is 0 Å². The Labute approximate surface area is 94.1 Å². The number of ketones is 1. The van der Waals surface area contributed by atoms with E-state index in [1.807, 2.05) is 20.0 Å². The number of hydrogen-bond donors (Lipinski definition) is 1. The maximum Gasteiger partial charge on any atom is 0.149 e. The number of carbonyl (C=O) groups excluding carboxylic acids is 1. The molecule has 88 valence electrons. The van der Waals surface area contributed by atoms with Gasteiger partial charge < -0.3 is 5.32 Å². The molecule has 1 N–H and O–H groups in total. The number of carbonyl (C=O) groups is 1. The van der Waals surface area contributed by atoms with Crippen molar-refractivity contribution in [2.45, 2.75) is 57.9 Å². The van der Waals surface area contributed by atoms with Crippen LogP contribution in [0.1, 0.15) is 52.4 Å². The van der Waals surface area contributed by atoms with Crippen molar-refractivity contribution in [3.8, 4) is 0 Å². The molecule has 1 atom stereocenters. The summed E-state index contributed by atoms with van der Waals surface area (Å²) in [6.07, 6.45) is 8.80. The van der Waals surface area contributed by atoms with E-state index in [-0.39, 0.29) is 11.3 Å². The van der Waals surface area contributed by atoms with Crippen LogP contribution in [0.15, 0.2) is 12.7 Å². The smallest absolute Gasteiger partial charge is 0.149 e. The standard InChI is InChI=1S/C13H25NO/c1-5-6-7-8-9-10-11-13(3,14-4)12(2)15/h5,14H,1,6-11H2,2-4H3/t13-/m1/s1. The highest BCUT2D eigenvalue weighted by Crippen LogP contribution is 2.16. The van der Waals surface area contributed by atoms with Crippen LogP contribution in [0.2, 0.25) is 0 Å². The summed E-state index contributed by atoms with van der Waals surface area (Å²) >= 11 is 0. The van der Waals surface area contributed by atoms with Gasteiger partial charge in [-0.2, -0.15) is 0 Å². The molecule has 15 heavy (non-hydrogen) atoms. The Morgan fingerprint density at radius 1 is 1.33 bits per heavy atom. The topological polar surface area (TPSA) is 29.1 Å². The first-order chi connectivity index (χ1) is 7.06. The van der Waals surface area contributed by atoms with E-state index in [0.717, 1.165) is 19.3 Å². The number of unbranched alkanes of at least 4 members (excludes halogenated alkanes) is 4. The number of rotatable bonds is 9. The maximum absolute atomic E-state index is 11.4. The van der Waals surface area contributed by atoms with E-state index in [0.29, 0.717) is 0 Å². The SMILES string of the molecule is C=CCCCCCC[C@@](C)(NC)C(C)=O. The third kappa shape index (κ3) is 5.73. The Morgan fingerprint density at radius 3 is 2.40 bits per heavy atom. The largest absolute Gasteiger partial charge is 0.308 e. The quantitative estimate of drug-likeness (QED) is 0.469. The van der Waals surface area contributed by atoms with Crippen molar-refractivity contribution in [2.75, 3.05) is 7.05 Å². The van der Waals surface area contributed by atoms with Crippen molar-refractivity contribution >= 4 is 5.78 Å². The van der Waals surface area contributed by atoms with Gasteiger partial charge in [-0.3, -0.25) is 4.79 Å². The monoisotopic (exact) mass is 211 g/mol. The lowest BCUT2D eigenvalue weighted by molar-refractivity contribution is -0.122. The Kier molecular flexibility index (Phi) is 7.31. The molecule has 0 amide bonds. The van der Waals surface area contributed by atoms with Crippen molar-refractivity contribution in [2.24, 2.45) is 0 Å². The zero-order chi connectivity index (χ0) is 11.7. The molecule has 2 heteroatoms. The second kappa shape index (κ2) is 7.63. The van der Waals surface area contributed by atoms with Gasteiger partial charge in [-0.1, -0.05) is 25.3 Å². The van der Waals surface area contributed by atoms with Crippen LogP contribution in [-0.4, -0.2) is 18.4 Å². The van der Waals surface area contributed by atoms with Gasteiger partial charge in [0.1, 0.15) is 5.78 Å². The zero-order valence-corrected chi connectivity index (χ0v) is 10.4. The summed E-state index contributed by atoms with van der Waals surface area (Å²) in [5, 5.41) is 3.11. The van der Waals surface area contributed by atoms with Gasteiger partial charge in [0.25, 0.3) is 0 Å². The Balaban J connectivity index is 3.64. The van der Waals surface area contributed by atoms with Gasteiger partial charge in [-0.05, 0) is 40.2 Å². The van der Waals surface area contributed by atoms with Gasteiger partial charge >= 0.3 is 0 Å². The fraction of sp³-hybridized carbons (Fsp3) is 0.769. The van der Waals surface area contributed by atoms with Crippen LogP contribution in [0.25, 0.3) is 0 Å². The third-order valence-electron chi connectivity index (χ3n) is 3.16. The average Bonchev–Trinajstić information content (AvgIpc) is 2.22. The van der Waals surface area contributed by atoms with E-state index in [9.17, 15) is 4.79 Å². The van der Waals surface area contributed by atoms with Gasteiger partial charge in [0.15, 0.2) is 0 Å². The minimum Gasteiger partial charge on any atom is -0.308 e. The lowest BCUT2D eigenvalue weighted by Gasteiger charge is -2.26. The van der Waals surface area contributed by atoms with Gasteiger partial charge in [0.05, 0.1) is 5.54 Å². The molecule has 0 saturated carbocycles. The Bertz CT molecular complexity index is 201. The van der Waals surface area contributed by atoms with E-state index in [2.05, 4.69) is 11.9 Å². The zero-order valence-electron chi connectivity index (χ0n) is 10.4. The van der Waals surface area contributed by atoms with E-state index in [1.165, 1.54) is 19.3 Å². The highest BCUT2D eigenvalue weighted by Gasteiger charge is 2.26. The van der Waals surface area contributed by atoms with Crippen LogP contribution in [0, 0.1) is 0 Å². The number of Topliss-reactive ketones (excluding diaryl/α,β-unsaturated/α-hetero) is 1. The second-order valence-corrected chi connectivity index (χ2v) is 4.38. The summed E-state index contributed by atoms with van der Waals surface area (Å²) in [5.74, 6) is 0.232. The molecule has 0 spiro atoms. The summed E-state index contributed by atoms with van der Waals surface area (Å²) in [5.41, 5.74) is -0.321. The molecule has 0 aromatic carbocycles. The molecule has 0 aromatic heterocycles. The van der Waals surface area contributed by atoms with Gasteiger partial charge in [0.2, 0.25) is 0 Å². The number of allylic oxidation sites excluding steroid dienone is 1. The predicted molar refractivity (Wildman–Crippen MR) is 66.0 cm³/mol. The van der Waals surface area contributed by atoms with Gasteiger partial charge in [-0.15, -0.1) is 6.58 Å². The number of nitrogens with one attached hydrogen (secondary N) is 1. The van der Waals surface area contributed by atoms with Crippen LogP contribution < -0.4 is 5.32 Å². The van der Waals surface area contributed by atoms with Crippen molar-refractivity contribution in [3.05, 3.63) is 12.7 Å². The molecule has 0 aromatic rings. The first-order valence-electron chi connectivity index (χ1n) is 5.87. The number of hydrogen-bond acceptors (Lipinski definition) is 2. The Morgan fingerprint density at radius 2 is 1.93 bits per heavy atom. The summed E-state index contributed by atoms with van der Waals surface area (Å²) in [6.45, 7) is 7.35. The normalized spacial score (nSPS) is 14.6. The van der Waals surface area contributed by atoms with Crippen LogP contribution >= 0.6 is 0 Å². The predicted octanol–water partition coefficient (Wildman–Crippen LogP) is 3.08. The van der Waals surface area contributed by atoms with E-state index >= 15 is 0 Å². The minimum atomic E-state index is -0.321. The van der Waals surface area contributed by atoms with Crippen molar-refractivity contribution in [3.63, 3.8) is 0 Å². The first-order valence-corrected chi connectivity index (χ1v) is 5.87. The molecule has 0 aliphatic carbocycles. The van der Waals surface area contributed by atoms with Gasteiger partial charge in [0, 0.05) is 0 Å². The highest BCUT2D eigenvalue weighted by molar-refractivity contribution is 5.85. The van der Waals surface area contributed by atoms with Crippen molar-refractivity contribution in [1.29, 1.82) is 0 Å². The molecule has 0 unspecified atom stereocenters. The molecule has 0 radical (unpaired) electrons. The molecule has 0 rings (SSSR count). The summed E-state index contributed by atoms with van der Waals surface area (Å²) in [4.78, 5) is 11.4. The minimum absolute atomic E-state index is 0.232. The van der Waals surface area contributed by atoms with Crippen molar-refractivity contribution in [1.82, 2.24) is 5.32 Å². The fourth-order valence-electron chi connectivity index (χ4n) is 1.60. The first kappa shape index (κ1) is 14.4. The fourth-order valence-corrected chi connectivity index (χ4v) is 1.60. The molecular formula is C13H25NO. The average molecular weight is 211 g/mol. The lowest BCUT2D eigenvalue weighted by atomic mass is 9.90. The lowest BCUT2D eigenvalue weighted by Crippen LogP contribution is -2.46. The molecule has 0 aliphatic rings. The van der Waals surface area contributed by atoms with Gasteiger partial charge in [-0.25, -0.2) is 0 Å². The van der Waals surface area contributed by atoms with Crippen molar-refractivity contribution < 1.29 is 4.79 Å². The third-order valence-corrected chi connectivity index (χ3v) is 3.16. The van der Waals surface area contributed by atoms with E-state index in [1.54, 1.807) is 6.92 Å². The highest BCUT2D eigenvalue weighted by atomic mass is 16.1. The maximum atomic E-state index is 11.4. The number of likely N-dealkylation sites (N-methyl/N-ethyl adjacent to an activating group) is 1. The summed E-state index contributed by atoms with van der Waals surface area (Å²) < 4.78 is 0. The second-order valence-electron chi connectivity index (χ2n) is 4.38. The molecule has 0 bridgehead atoms. The van der Waals surface area contributed by atoms with E-state index in [4.69, 9.17) is 0 Å².